The molecule has 0 saturated carbocycles. The highest BCUT2D eigenvalue weighted by Crippen LogP contribution is 2.11. The topological polar surface area (TPSA) is 21.3 Å². The molecule has 1 N–H and O–H groups in total. The minimum absolute atomic E-state index is 0.513. The molecule has 1 fully saturated rings. The van der Waals surface area contributed by atoms with E-state index in [0.717, 1.165) is 26.2 Å². The van der Waals surface area contributed by atoms with Crippen molar-refractivity contribution in [3.8, 4) is 0 Å². The predicted octanol–water partition coefficient (Wildman–Crippen LogP) is 0.979. The van der Waals surface area contributed by atoms with Crippen LogP contribution in [0.25, 0.3) is 0 Å². The van der Waals surface area contributed by atoms with Gasteiger partial charge in [0, 0.05) is 12.6 Å². The Kier molecular flexibility index (Phi) is 3.16. The lowest BCUT2D eigenvalue weighted by Gasteiger charge is -2.27. The molecule has 1 unspecified atom stereocenters. The molecule has 0 amide bonds. The van der Waals surface area contributed by atoms with Gasteiger partial charge in [0.2, 0.25) is 0 Å². The van der Waals surface area contributed by atoms with Gasteiger partial charge in [0.1, 0.15) is 0 Å². The Labute approximate surface area is 63.0 Å². The molecule has 1 rings (SSSR count). The van der Waals surface area contributed by atoms with Gasteiger partial charge in [-0.1, -0.05) is 13.8 Å². The molecular weight excluding hydrogens is 126 g/mol. The molecule has 1 aliphatic heterocycles. The average Bonchev–Trinajstić information content (AvgIpc) is 2.05. The van der Waals surface area contributed by atoms with E-state index in [1.807, 2.05) is 0 Å². The van der Waals surface area contributed by atoms with Crippen LogP contribution in [0.15, 0.2) is 0 Å². The van der Waals surface area contributed by atoms with Crippen molar-refractivity contribution in [2.75, 3.05) is 19.8 Å². The van der Waals surface area contributed by atoms with E-state index in [9.17, 15) is 0 Å². The van der Waals surface area contributed by atoms with Crippen LogP contribution >= 0.6 is 0 Å². The van der Waals surface area contributed by atoms with E-state index in [0.29, 0.717) is 6.04 Å². The maximum atomic E-state index is 5.32. The monoisotopic (exact) mass is 142 g/mol. The molecule has 0 aromatic heterocycles. The fraction of sp³-hybridized carbons (Fsp3) is 0.875. The van der Waals surface area contributed by atoms with Crippen LogP contribution in [0.2, 0.25) is 0 Å². The molecule has 1 aliphatic rings. The van der Waals surface area contributed by atoms with E-state index in [2.05, 4.69) is 19.2 Å². The second kappa shape index (κ2) is 3.94. The smallest absolute Gasteiger partial charge is 0.0625 e. The van der Waals surface area contributed by atoms with Crippen molar-refractivity contribution in [2.24, 2.45) is 0 Å². The van der Waals surface area contributed by atoms with Crippen molar-refractivity contribution < 1.29 is 4.74 Å². The molecule has 1 atom stereocenters. The minimum atomic E-state index is 0.513. The van der Waals surface area contributed by atoms with Crippen molar-refractivity contribution in [1.82, 2.24) is 5.32 Å². The molecule has 0 bridgehead atoms. The second-order valence-electron chi connectivity index (χ2n) is 2.78. The highest BCUT2D eigenvalue weighted by atomic mass is 16.5. The summed E-state index contributed by atoms with van der Waals surface area (Å²) in [4.78, 5) is 0. The van der Waals surface area contributed by atoms with Gasteiger partial charge in [-0.2, -0.15) is 0 Å². The molecule has 1 heterocycles. The maximum absolute atomic E-state index is 5.32. The predicted molar refractivity (Wildman–Crippen MR) is 41.8 cm³/mol. The zero-order valence-electron chi connectivity index (χ0n) is 6.81. The van der Waals surface area contributed by atoms with Crippen LogP contribution in [-0.2, 0) is 4.74 Å². The molecule has 0 spiro atoms. The van der Waals surface area contributed by atoms with E-state index in [1.165, 1.54) is 5.92 Å². The second-order valence-corrected chi connectivity index (χ2v) is 2.78. The normalized spacial score (nSPS) is 27.3. The van der Waals surface area contributed by atoms with Gasteiger partial charge in [-0.15, -0.1) is 0 Å². The lowest BCUT2D eigenvalue weighted by Crippen LogP contribution is -2.44. The van der Waals surface area contributed by atoms with Gasteiger partial charge in [-0.25, -0.2) is 0 Å². The first-order valence-electron chi connectivity index (χ1n) is 3.98. The van der Waals surface area contributed by atoms with Crippen molar-refractivity contribution >= 4 is 0 Å². The third-order valence-corrected chi connectivity index (χ3v) is 2.07. The van der Waals surface area contributed by atoms with Gasteiger partial charge in [-0.05, 0) is 12.3 Å². The van der Waals surface area contributed by atoms with Crippen LogP contribution in [-0.4, -0.2) is 25.8 Å². The van der Waals surface area contributed by atoms with E-state index < -0.39 is 0 Å². The van der Waals surface area contributed by atoms with Crippen LogP contribution in [0, 0.1) is 5.92 Å². The quantitative estimate of drug-likeness (QED) is 0.620. The number of ether oxygens (including phenoxy) is 1. The number of morpholine rings is 1. The Morgan fingerprint density at radius 1 is 1.70 bits per heavy atom. The summed E-state index contributed by atoms with van der Waals surface area (Å²) in [6.07, 6.45) is 1.15. The molecule has 2 heteroatoms. The Hall–Kier alpha value is -0.0800. The summed E-state index contributed by atoms with van der Waals surface area (Å²) in [5.74, 6) is 1.50. The molecule has 0 aromatic carbocycles. The van der Waals surface area contributed by atoms with Crippen LogP contribution < -0.4 is 5.32 Å². The standard InChI is InChI=1S/C8H16NO/c1-3-7(2)8-6-10-5-4-9-8/h8-9H,3-6H2,1-2H3. The third-order valence-electron chi connectivity index (χ3n) is 2.07. The zero-order valence-corrected chi connectivity index (χ0v) is 6.81. The molecular formula is C8H16NO. The summed E-state index contributed by atoms with van der Waals surface area (Å²) in [7, 11) is 0. The summed E-state index contributed by atoms with van der Waals surface area (Å²) < 4.78 is 5.32. The maximum Gasteiger partial charge on any atom is 0.0625 e. The molecule has 59 valence electrons. The molecule has 0 aromatic rings. The number of hydrogen-bond donors (Lipinski definition) is 1. The van der Waals surface area contributed by atoms with E-state index in [1.54, 1.807) is 0 Å². The Morgan fingerprint density at radius 2 is 2.50 bits per heavy atom. The summed E-state index contributed by atoms with van der Waals surface area (Å²) in [6.45, 7) is 7.10. The number of nitrogens with one attached hydrogen (secondary N) is 1. The van der Waals surface area contributed by atoms with Crippen molar-refractivity contribution in [2.45, 2.75) is 26.3 Å². The number of hydrogen-bond acceptors (Lipinski definition) is 2. The molecule has 1 saturated heterocycles. The van der Waals surface area contributed by atoms with Crippen LogP contribution in [0.5, 0.6) is 0 Å². The van der Waals surface area contributed by atoms with E-state index >= 15 is 0 Å². The first kappa shape index (κ1) is 8.02. The fourth-order valence-electron chi connectivity index (χ4n) is 1.13. The average molecular weight is 142 g/mol. The summed E-state index contributed by atoms with van der Waals surface area (Å²) >= 11 is 0. The Morgan fingerprint density at radius 3 is 3.00 bits per heavy atom. The molecule has 0 aliphatic carbocycles. The van der Waals surface area contributed by atoms with Crippen LogP contribution in [0.4, 0.5) is 0 Å². The zero-order chi connectivity index (χ0) is 7.40. The molecule has 1 radical (unpaired) electrons. The molecule has 2 nitrogen and oxygen atoms in total. The summed E-state index contributed by atoms with van der Waals surface area (Å²) in [6, 6.07) is 0.513. The van der Waals surface area contributed by atoms with Crippen molar-refractivity contribution in [3.05, 3.63) is 5.92 Å². The fourth-order valence-corrected chi connectivity index (χ4v) is 1.13. The first-order valence-corrected chi connectivity index (χ1v) is 3.98. The van der Waals surface area contributed by atoms with Gasteiger partial charge in [0.05, 0.1) is 13.2 Å². The van der Waals surface area contributed by atoms with Crippen molar-refractivity contribution in [3.63, 3.8) is 0 Å². The van der Waals surface area contributed by atoms with Gasteiger partial charge in [-0.3, -0.25) is 0 Å². The lowest BCUT2D eigenvalue weighted by molar-refractivity contribution is 0.0801. The highest BCUT2D eigenvalue weighted by molar-refractivity contribution is 4.97. The summed E-state index contributed by atoms with van der Waals surface area (Å²) in [5, 5.41) is 3.41. The Bertz CT molecular complexity index is 89.3. The van der Waals surface area contributed by atoms with Gasteiger partial charge in [0.25, 0.3) is 0 Å². The van der Waals surface area contributed by atoms with Gasteiger partial charge >= 0.3 is 0 Å². The number of rotatable bonds is 2. The Balaban J connectivity index is 2.24. The highest BCUT2D eigenvalue weighted by Gasteiger charge is 2.18. The summed E-state index contributed by atoms with van der Waals surface area (Å²) in [5.41, 5.74) is 0. The first-order chi connectivity index (χ1) is 4.84. The minimum Gasteiger partial charge on any atom is -0.378 e. The largest absolute Gasteiger partial charge is 0.378 e. The van der Waals surface area contributed by atoms with Crippen molar-refractivity contribution in [1.29, 1.82) is 0 Å². The SMILES string of the molecule is CC[C](C)C1COCCN1. The molecule has 10 heavy (non-hydrogen) atoms. The van der Waals surface area contributed by atoms with Gasteiger partial charge in [0.15, 0.2) is 0 Å². The third kappa shape index (κ3) is 1.96. The lowest BCUT2D eigenvalue weighted by atomic mass is 9.99. The van der Waals surface area contributed by atoms with E-state index in [-0.39, 0.29) is 0 Å². The van der Waals surface area contributed by atoms with Gasteiger partial charge < -0.3 is 10.1 Å². The van der Waals surface area contributed by atoms with Crippen LogP contribution in [0.1, 0.15) is 20.3 Å². The van der Waals surface area contributed by atoms with Crippen LogP contribution in [0.3, 0.4) is 0 Å². The van der Waals surface area contributed by atoms with E-state index in [4.69, 9.17) is 4.74 Å².